The van der Waals surface area contributed by atoms with Gasteiger partial charge < -0.3 is 19.1 Å². The number of nitrogens with zero attached hydrogens (tertiary/aromatic N) is 2. The Labute approximate surface area is 168 Å². The number of ketones is 1. The van der Waals surface area contributed by atoms with Gasteiger partial charge in [0, 0.05) is 36.3 Å². The van der Waals surface area contributed by atoms with E-state index in [1.165, 1.54) is 21.7 Å². The number of quaternary nitrogens is 1. The number of hydrogen-bond donors (Lipinski definition) is 1. The molecular formula is C23H34N3O2+. The summed E-state index contributed by atoms with van der Waals surface area (Å²) >= 11 is 0. The molecular weight excluding hydrogens is 350 g/mol. The van der Waals surface area contributed by atoms with E-state index in [-0.39, 0.29) is 5.78 Å². The minimum Gasteiger partial charge on any atom is -0.383 e. The largest absolute Gasteiger partial charge is 0.383 e. The molecule has 1 N–H and O–H groups in total. The first kappa shape index (κ1) is 20.6. The molecule has 0 atom stereocenters. The molecule has 3 rings (SSSR count). The fourth-order valence-corrected chi connectivity index (χ4v) is 4.25. The van der Waals surface area contributed by atoms with Gasteiger partial charge >= 0.3 is 0 Å². The summed E-state index contributed by atoms with van der Waals surface area (Å²) in [6.07, 6.45) is 0. The first-order valence-corrected chi connectivity index (χ1v) is 10.3. The predicted molar refractivity (Wildman–Crippen MR) is 114 cm³/mol. The maximum atomic E-state index is 12.9. The molecule has 1 aliphatic heterocycles. The zero-order chi connectivity index (χ0) is 20.3. The topological polar surface area (TPSA) is 38.9 Å². The number of carbonyl (C=O) groups excluding carboxylic acids is 1. The number of ether oxygens (including phenoxy) is 1. The smallest absolute Gasteiger partial charge is 0.218 e. The van der Waals surface area contributed by atoms with Crippen LogP contribution >= 0.6 is 0 Å². The lowest BCUT2D eigenvalue weighted by Gasteiger charge is -2.34. The third-order valence-corrected chi connectivity index (χ3v) is 6.19. The summed E-state index contributed by atoms with van der Waals surface area (Å²) in [4.78, 5) is 16.8. The molecule has 0 radical (unpaired) electrons. The van der Waals surface area contributed by atoms with Crippen molar-refractivity contribution in [3.8, 4) is 0 Å². The van der Waals surface area contributed by atoms with Gasteiger partial charge in [0.15, 0.2) is 0 Å². The van der Waals surface area contributed by atoms with Crippen molar-refractivity contribution in [2.45, 2.75) is 34.2 Å². The van der Waals surface area contributed by atoms with Gasteiger partial charge in [-0.3, -0.25) is 4.79 Å². The Balaban J connectivity index is 1.60. The average molecular weight is 385 g/mol. The van der Waals surface area contributed by atoms with Crippen LogP contribution in [0.4, 0.5) is 5.69 Å². The van der Waals surface area contributed by atoms with Crippen molar-refractivity contribution in [3.63, 3.8) is 0 Å². The first-order chi connectivity index (χ1) is 13.4. The second-order valence-electron chi connectivity index (χ2n) is 7.99. The van der Waals surface area contributed by atoms with E-state index in [1.54, 1.807) is 7.11 Å². The van der Waals surface area contributed by atoms with Crippen LogP contribution in [0.5, 0.6) is 0 Å². The molecule has 1 saturated heterocycles. The van der Waals surface area contributed by atoms with Crippen molar-refractivity contribution >= 4 is 11.5 Å². The molecule has 1 fully saturated rings. The number of rotatable bonds is 7. The van der Waals surface area contributed by atoms with Gasteiger partial charge in [-0.2, -0.15) is 0 Å². The minimum absolute atomic E-state index is 0.256. The minimum atomic E-state index is 0.256. The molecule has 0 saturated carbocycles. The summed E-state index contributed by atoms with van der Waals surface area (Å²) in [6.45, 7) is 14.5. The van der Waals surface area contributed by atoms with E-state index in [4.69, 9.17) is 4.74 Å². The monoisotopic (exact) mass is 384 g/mol. The van der Waals surface area contributed by atoms with Crippen molar-refractivity contribution in [3.05, 3.63) is 52.3 Å². The lowest BCUT2D eigenvalue weighted by Crippen LogP contribution is -3.15. The van der Waals surface area contributed by atoms with Gasteiger partial charge in [-0.15, -0.1) is 0 Å². The molecule has 5 nitrogen and oxygen atoms in total. The van der Waals surface area contributed by atoms with Crippen LogP contribution in [0.15, 0.2) is 24.3 Å². The fourth-order valence-electron chi connectivity index (χ4n) is 4.25. The number of nitrogens with one attached hydrogen (secondary N) is 1. The molecule has 152 valence electrons. The van der Waals surface area contributed by atoms with Gasteiger partial charge in [0.25, 0.3) is 0 Å². The molecule has 0 amide bonds. The van der Waals surface area contributed by atoms with Crippen molar-refractivity contribution in [1.29, 1.82) is 0 Å². The van der Waals surface area contributed by atoms with Crippen molar-refractivity contribution < 1.29 is 14.4 Å². The van der Waals surface area contributed by atoms with Gasteiger partial charge in [-0.05, 0) is 51.0 Å². The van der Waals surface area contributed by atoms with E-state index in [9.17, 15) is 4.79 Å². The summed E-state index contributed by atoms with van der Waals surface area (Å²) in [5, 5.41) is 0. The Morgan fingerprint density at radius 2 is 1.86 bits per heavy atom. The van der Waals surface area contributed by atoms with Gasteiger partial charge in [-0.1, -0.05) is 12.1 Å². The van der Waals surface area contributed by atoms with E-state index >= 15 is 0 Å². The fraction of sp³-hybridized carbons (Fsp3) is 0.522. The van der Waals surface area contributed by atoms with Crippen LogP contribution in [0.2, 0.25) is 0 Å². The normalized spacial score (nSPS) is 15.2. The van der Waals surface area contributed by atoms with E-state index in [2.05, 4.69) is 48.4 Å². The molecule has 2 aromatic rings. The number of aromatic nitrogens is 1. The highest BCUT2D eigenvalue weighted by molar-refractivity contribution is 5.98. The maximum absolute atomic E-state index is 12.9. The molecule has 0 unspecified atom stereocenters. The molecule has 1 aliphatic rings. The second-order valence-corrected chi connectivity index (χ2v) is 7.99. The molecule has 1 aromatic heterocycles. The second kappa shape index (κ2) is 8.93. The highest BCUT2D eigenvalue weighted by atomic mass is 16.5. The lowest BCUT2D eigenvalue weighted by atomic mass is 10.1. The highest BCUT2D eigenvalue weighted by Gasteiger charge is 2.25. The van der Waals surface area contributed by atoms with Crippen molar-refractivity contribution in [2.75, 3.05) is 51.3 Å². The summed E-state index contributed by atoms with van der Waals surface area (Å²) in [6, 6.07) is 8.56. The van der Waals surface area contributed by atoms with E-state index in [0.29, 0.717) is 13.2 Å². The summed E-state index contributed by atoms with van der Waals surface area (Å²) < 4.78 is 7.38. The van der Waals surface area contributed by atoms with Crippen LogP contribution in [-0.4, -0.2) is 56.8 Å². The summed E-state index contributed by atoms with van der Waals surface area (Å²) in [5.41, 5.74) is 7.11. The highest BCUT2D eigenvalue weighted by Crippen LogP contribution is 2.22. The van der Waals surface area contributed by atoms with Gasteiger partial charge in [0.05, 0.1) is 32.8 Å². The van der Waals surface area contributed by atoms with Crippen molar-refractivity contribution in [2.24, 2.45) is 0 Å². The van der Waals surface area contributed by atoms with E-state index in [0.717, 1.165) is 49.7 Å². The molecule has 0 aliphatic carbocycles. The number of benzene rings is 1. The zero-order valence-corrected chi connectivity index (χ0v) is 18.0. The lowest BCUT2D eigenvalue weighted by molar-refractivity contribution is -0.892. The van der Waals surface area contributed by atoms with E-state index in [1.807, 2.05) is 13.0 Å². The number of carbonyl (C=O) groups is 1. The number of methoxy groups -OCH3 is 1. The summed E-state index contributed by atoms with van der Waals surface area (Å²) in [7, 11) is 1.71. The Morgan fingerprint density at radius 1 is 1.14 bits per heavy atom. The van der Waals surface area contributed by atoms with Gasteiger partial charge in [0.1, 0.15) is 6.54 Å². The Bertz CT molecular complexity index is 833. The standard InChI is InChI=1S/C23H33N3O2/c1-17-7-6-8-22(19(17)3)25-11-9-24(10-12-25)16-23(27)21-15-18(2)26(20(21)4)13-14-28-5/h6-8,15H,9-14,16H2,1-5H3/p+1. The van der Waals surface area contributed by atoms with Crippen LogP contribution < -0.4 is 9.80 Å². The van der Waals surface area contributed by atoms with Crippen LogP contribution in [0.3, 0.4) is 0 Å². The van der Waals surface area contributed by atoms with Crippen LogP contribution in [0, 0.1) is 27.7 Å². The zero-order valence-electron chi connectivity index (χ0n) is 18.0. The Morgan fingerprint density at radius 3 is 2.54 bits per heavy atom. The quantitative estimate of drug-likeness (QED) is 0.742. The third-order valence-electron chi connectivity index (χ3n) is 6.19. The average Bonchev–Trinajstić information content (AvgIpc) is 2.97. The van der Waals surface area contributed by atoms with Crippen LogP contribution in [-0.2, 0) is 11.3 Å². The SMILES string of the molecule is COCCn1c(C)cc(C(=O)C[NH+]2CCN(c3cccc(C)c3C)CC2)c1C. The number of anilines is 1. The number of Topliss-reactive ketones (excluding diaryl/α,β-unsaturated/α-hetero) is 1. The third kappa shape index (κ3) is 4.31. The molecule has 0 spiro atoms. The number of hydrogen-bond acceptors (Lipinski definition) is 3. The van der Waals surface area contributed by atoms with Crippen LogP contribution in [0.25, 0.3) is 0 Å². The predicted octanol–water partition coefficient (Wildman–Crippen LogP) is 1.96. The number of piperazine rings is 1. The van der Waals surface area contributed by atoms with E-state index < -0.39 is 0 Å². The molecule has 5 heteroatoms. The Kier molecular flexibility index (Phi) is 6.57. The maximum Gasteiger partial charge on any atom is 0.218 e. The summed E-state index contributed by atoms with van der Waals surface area (Å²) in [5.74, 6) is 0.256. The van der Waals surface area contributed by atoms with Crippen molar-refractivity contribution in [1.82, 2.24) is 4.57 Å². The van der Waals surface area contributed by atoms with Crippen LogP contribution in [0.1, 0.15) is 32.9 Å². The molecule has 2 heterocycles. The Hall–Kier alpha value is -2.11. The molecule has 0 bridgehead atoms. The van der Waals surface area contributed by atoms with Gasteiger partial charge in [-0.25, -0.2) is 0 Å². The molecule has 1 aromatic carbocycles. The number of aryl methyl sites for hydroxylation is 2. The first-order valence-electron chi connectivity index (χ1n) is 10.3. The van der Waals surface area contributed by atoms with Gasteiger partial charge in [0.2, 0.25) is 5.78 Å². The molecule has 28 heavy (non-hydrogen) atoms.